The highest BCUT2D eigenvalue weighted by Crippen LogP contribution is 2.36. The van der Waals surface area contributed by atoms with E-state index in [1.807, 2.05) is 23.1 Å². The molecule has 3 aromatic rings. The van der Waals surface area contributed by atoms with Crippen LogP contribution in [0.15, 0.2) is 54.6 Å². The normalized spacial score (nSPS) is 14.3. The number of aromatic nitrogens is 1. The van der Waals surface area contributed by atoms with E-state index < -0.39 is 0 Å². The predicted octanol–water partition coefficient (Wildman–Crippen LogP) is 4.19. The van der Waals surface area contributed by atoms with E-state index >= 15 is 0 Å². The Morgan fingerprint density at radius 2 is 1.74 bits per heavy atom. The maximum atomic E-state index is 12.8. The first-order valence-electron chi connectivity index (χ1n) is 9.18. The van der Waals surface area contributed by atoms with Gasteiger partial charge in [-0.05, 0) is 12.5 Å². The summed E-state index contributed by atoms with van der Waals surface area (Å²) in [6, 6.07) is 18.6. The van der Waals surface area contributed by atoms with Crippen LogP contribution in [0.25, 0.3) is 21.0 Å². The quantitative estimate of drug-likeness (QED) is 0.684. The molecule has 0 radical (unpaired) electrons. The maximum Gasteiger partial charge on any atom is 0.228 e. The van der Waals surface area contributed by atoms with Crippen molar-refractivity contribution in [3.05, 3.63) is 65.9 Å². The predicted molar refractivity (Wildman–Crippen MR) is 109 cm³/mol. The van der Waals surface area contributed by atoms with Crippen LogP contribution >= 0.6 is 11.3 Å². The molecule has 1 fully saturated rings. The zero-order valence-corrected chi connectivity index (χ0v) is 16.2. The Labute approximate surface area is 163 Å². The lowest BCUT2D eigenvalue weighted by Crippen LogP contribution is -2.41. The topological polar surface area (TPSA) is 42.4 Å². The summed E-state index contributed by atoms with van der Waals surface area (Å²) in [5, 5.41) is 0.955. The van der Waals surface area contributed by atoms with Gasteiger partial charge in [0.1, 0.15) is 5.01 Å². The molecule has 0 spiro atoms. The van der Waals surface area contributed by atoms with Crippen LogP contribution in [-0.4, -0.2) is 42.1 Å². The molecule has 5 heteroatoms. The fourth-order valence-corrected chi connectivity index (χ4v) is 4.27. The van der Waals surface area contributed by atoms with Gasteiger partial charge in [0, 0.05) is 18.7 Å². The van der Waals surface area contributed by atoms with Gasteiger partial charge in [-0.25, -0.2) is 4.98 Å². The number of benzene rings is 2. The van der Waals surface area contributed by atoms with Crippen LogP contribution in [0.2, 0.25) is 0 Å². The molecule has 4 nitrogen and oxygen atoms in total. The molecule has 1 saturated heterocycles. The van der Waals surface area contributed by atoms with Gasteiger partial charge in [0.25, 0.3) is 0 Å². The molecule has 1 aromatic heterocycles. The molecule has 0 bridgehead atoms. The minimum absolute atomic E-state index is 0.122. The van der Waals surface area contributed by atoms with Gasteiger partial charge < -0.3 is 9.64 Å². The number of morpholine rings is 1. The molecule has 138 valence electrons. The van der Waals surface area contributed by atoms with Gasteiger partial charge in [0.05, 0.1) is 30.2 Å². The Bertz CT molecular complexity index is 913. The van der Waals surface area contributed by atoms with E-state index in [1.165, 1.54) is 5.56 Å². The average molecular weight is 378 g/mol. The summed E-state index contributed by atoms with van der Waals surface area (Å²) in [5.41, 5.74) is 4.28. The molecular weight excluding hydrogens is 356 g/mol. The van der Waals surface area contributed by atoms with Crippen LogP contribution in [0.5, 0.6) is 0 Å². The molecule has 27 heavy (non-hydrogen) atoms. The zero-order valence-electron chi connectivity index (χ0n) is 15.4. The first-order chi connectivity index (χ1) is 13.2. The van der Waals surface area contributed by atoms with Gasteiger partial charge >= 0.3 is 0 Å². The fraction of sp³-hybridized carbons (Fsp3) is 0.273. The lowest BCUT2D eigenvalue weighted by atomic mass is 10.1. The van der Waals surface area contributed by atoms with Gasteiger partial charge in [-0.2, -0.15) is 0 Å². The maximum absolute atomic E-state index is 12.8. The Morgan fingerprint density at radius 1 is 1.04 bits per heavy atom. The second-order valence-corrected chi connectivity index (χ2v) is 7.70. The minimum Gasteiger partial charge on any atom is -0.378 e. The summed E-state index contributed by atoms with van der Waals surface area (Å²) in [6.45, 7) is 4.63. The monoisotopic (exact) mass is 378 g/mol. The van der Waals surface area contributed by atoms with Crippen LogP contribution in [0.4, 0.5) is 0 Å². The number of amides is 1. The Balaban J connectivity index is 1.68. The molecule has 1 amide bonds. The molecule has 0 unspecified atom stereocenters. The Kier molecular flexibility index (Phi) is 5.32. The summed E-state index contributed by atoms with van der Waals surface area (Å²) in [6.07, 6.45) is 0.326. The number of carbonyl (C=O) groups excluding carboxylic acids is 1. The van der Waals surface area contributed by atoms with E-state index in [4.69, 9.17) is 9.72 Å². The van der Waals surface area contributed by atoms with E-state index in [1.54, 1.807) is 11.3 Å². The summed E-state index contributed by atoms with van der Waals surface area (Å²) in [4.78, 5) is 20.6. The van der Waals surface area contributed by atoms with E-state index in [0.29, 0.717) is 32.7 Å². The van der Waals surface area contributed by atoms with Crippen molar-refractivity contribution in [2.24, 2.45) is 0 Å². The lowest BCUT2D eigenvalue weighted by molar-refractivity contribution is -0.134. The van der Waals surface area contributed by atoms with E-state index in [2.05, 4.69) is 43.3 Å². The van der Waals surface area contributed by atoms with Gasteiger partial charge in [0.15, 0.2) is 0 Å². The summed E-state index contributed by atoms with van der Waals surface area (Å²) >= 11 is 1.65. The van der Waals surface area contributed by atoms with Crippen molar-refractivity contribution in [2.45, 2.75) is 13.3 Å². The number of ether oxygens (including phenoxy) is 1. The van der Waals surface area contributed by atoms with Gasteiger partial charge in [-0.15, -0.1) is 11.3 Å². The van der Waals surface area contributed by atoms with Gasteiger partial charge in [-0.3, -0.25) is 4.79 Å². The van der Waals surface area contributed by atoms with Crippen molar-refractivity contribution in [1.82, 2.24) is 9.88 Å². The molecule has 2 aromatic carbocycles. The molecular formula is C22H22N2O2S. The molecule has 2 heterocycles. The van der Waals surface area contributed by atoms with Crippen molar-refractivity contribution < 1.29 is 9.53 Å². The van der Waals surface area contributed by atoms with Crippen LogP contribution in [-0.2, 0) is 16.0 Å². The fourth-order valence-electron chi connectivity index (χ4n) is 3.17. The van der Waals surface area contributed by atoms with Crippen molar-refractivity contribution >= 4 is 17.2 Å². The van der Waals surface area contributed by atoms with E-state index in [9.17, 15) is 4.79 Å². The SMILES string of the molecule is Cc1ccc(-c2sc(-c3ccccc3)nc2CC(=O)N2CCOCC2)cc1. The average Bonchev–Trinajstić information content (AvgIpc) is 3.13. The molecule has 1 aliphatic rings. The van der Waals surface area contributed by atoms with Crippen LogP contribution < -0.4 is 0 Å². The second-order valence-electron chi connectivity index (χ2n) is 6.70. The van der Waals surface area contributed by atoms with Crippen LogP contribution in [0, 0.1) is 6.92 Å². The van der Waals surface area contributed by atoms with Crippen molar-refractivity contribution in [3.8, 4) is 21.0 Å². The number of rotatable bonds is 4. The molecule has 0 N–H and O–H groups in total. The first kappa shape index (κ1) is 17.9. The van der Waals surface area contributed by atoms with E-state index in [0.717, 1.165) is 26.7 Å². The van der Waals surface area contributed by atoms with Crippen LogP contribution in [0.1, 0.15) is 11.3 Å². The number of aryl methyl sites for hydroxylation is 1. The second kappa shape index (κ2) is 8.03. The number of carbonyl (C=O) groups is 1. The highest BCUT2D eigenvalue weighted by molar-refractivity contribution is 7.18. The van der Waals surface area contributed by atoms with Gasteiger partial charge in [0.2, 0.25) is 5.91 Å². The number of nitrogens with zero attached hydrogens (tertiary/aromatic N) is 2. The highest BCUT2D eigenvalue weighted by Gasteiger charge is 2.22. The van der Waals surface area contributed by atoms with Crippen LogP contribution in [0.3, 0.4) is 0 Å². The third-order valence-electron chi connectivity index (χ3n) is 4.71. The van der Waals surface area contributed by atoms with E-state index in [-0.39, 0.29) is 5.91 Å². The van der Waals surface area contributed by atoms with Crippen molar-refractivity contribution in [1.29, 1.82) is 0 Å². The largest absolute Gasteiger partial charge is 0.378 e. The third-order valence-corrected chi connectivity index (χ3v) is 5.91. The van der Waals surface area contributed by atoms with Crippen molar-refractivity contribution in [2.75, 3.05) is 26.3 Å². The molecule has 0 aliphatic carbocycles. The van der Waals surface area contributed by atoms with Gasteiger partial charge in [-0.1, -0.05) is 60.2 Å². The minimum atomic E-state index is 0.122. The lowest BCUT2D eigenvalue weighted by Gasteiger charge is -2.26. The Morgan fingerprint density at radius 3 is 2.44 bits per heavy atom. The highest BCUT2D eigenvalue weighted by atomic mass is 32.1. The molecule has 4 rings (SSSR count). The standard InChI is InChI=1S/C22H22N2O2S/c1-16-7-9-17(10-8-16)21-19(15-20(25)24-11-13-26-14-12-24)23-22(27-21)18-5-3-2-4-6-18/h2-10H,11-15H2,1H3. The third kappa shape index (κ3) is 4.10. The number of hydrogen-bond donors (Lipinski definition) is 0. The zero-order chi connectivity index (χ0) is 18.6. The summed E-state index contributed by atoms with van der Waals surface area (Å²) in [5.74, 6) is 0.122. The number of thiazole rings is 1. The molecule has 0 saturated carbocycles. The summed E-state index contributed by atoms with van der Waals surface area (Å²) < 4.78 is 5.36. The Hall–Kier alpha value is -2.50. The van der Waals surface area contributed by atoms with Crippen molar-refractivity contribution in [3.63, 3.8) is 0 Å². The first-order valence-corrected chi connectivity index (χ1v) is 10.00. The molecule has 1 aliphatic heterocycles. The number of hydrogen-bond acceptors (Lipinski definition) is 4. The molecule has 0 atom stereocenters. The smallest absolute Gasteiger partial charge is 0.228 e. The summed E-state index contributed by atoms with van der Waals surface area (Å²) in [7, 11) is 0.